The van der Waals surface area contributed by atoms with Gasteiger partial charge in [-0.15, -0.1) is 0 Å². The number of halogens is 2. The van der Waals surface area contributed by atoms with Gasteiger partial charge in [0.25, 0.3) is 5.91 Å². The minimum absolute atomic E-state index is 0.0832. The van der Waals surface area contributed by atoms with Crippen molar-refractivity contribution >= 4 is 29.1 Å². The van der Waals surface area contributed by atoms with Crippen molar-refractivity contribution in [3.8, 4) is 0 Å². The molecule has 0 atom stereocenters. The van der Waals surface area contributed by atoms with E-state index in [0.717, 1.165) is 5.82 Å². The second-order valence-corrected chi connectivity index (χ2v) is 4.35. The Morgan fingerprint density at radius 2 is 2.22 bits per heavy atom. The third-order valence-corrected chi connectivity index (χ3v) is 2.89. The van der Waals surface area contributed by atoms with Gasteiger partial charge in [0, 0.05) is 19.4 Å². The smallest absolute Gasteiger partial charge is 0.254 e. The van der Waals surface area contributed by atoms with Crippen molar-refractivity contribution in [1.82, 2.24) is 19.9 Å². The van der Waals surface area contributed by atoms with E-state index in [1.165, 1.54) is 12.1 Å². The number of aryl methyl sites for hydroxylation is 1. The molecule has 0 aromatic carbocycles. The van der Waals surface area contributed by atoms with Gasteiger partial charge in [-0.2, -0.15) is 0 Å². The van der Waals surface area contributed by atoms with Gasteiger partial charge in [-0.25, -0.2) is 9.97 Å². The Kier molecular flexibility index (Phi) is 3.84. The number of hydrogen-bond donors (Lipinski definition) is 1. The van der Waals surface area contributed by atoms with Crippen molar-refractivity contribution in [2.24, 2.45) is 7.05 Å². The first-order valence-corrected chi connectivity index (χ1v) is 5.90. The molecular weight excluding hydrogens is 275 g/mol. The lowest BCUT2D eigenvalue weighted by Gasteiger charge is -2.06. The van der Waals surface area contributed by atoms with Crippen molar-refractivity contribution in [2.75, 3.05) is 0 Å². The fraction of sp³-hybridized carbons (Fsp3) is 0.182. The average Bonchev–Trinajstić information content (AvgIpc) is 2.72. The van der Waals surface area contributed by atoms with Crippen molar-refractivity contribution in [3.63, 3.8) is 0 Å². The summed E-state index contributed by atoms with van der Waals surface area (Å²) in [5, 5.41) is 3.05. The standard InChI is InChI=1S/C11H10Cl2N4O/c1-17-5-4-14-9(17)6-15-11(18)7-2-3-8(12)16-10(7)13/h2-5H,6H2,1H3,(H,15,18). The van der Waals surface area contributed by atoms with Gasteiger partial charge < -0.3 is 9.88 Å². The van der Waals surface area contributed by atoms with E-state index in [-0.39, 0.29) is 21.8 Å². The summed E-state index contributed by atoms with van der Waals surface area (Å²) in [6, 6.07) is 3.05. The predicted octanol–water partition coefficient (Wildman–Crippen LogP) is 2.05. The van der Waals surface area contributed by atoms with E-state index in [1.807, 2.05) is 11.6 Å². The van der Waals surface area contributed by atoms with Gasteiger partial charge in [0.15, 0.2) is 0 Å². The Balaban J connectivity index is 2.06. The number of carbonyl (C=O) groups excluding carboxylic acids is 1. The molecule has 2 aromatic heterocycles. The number of aromatic nitrogens is 3. The highest BCUT2D eigenvalue weighted by atomic mass is 35.5. The molecule has 2 aromatic rings. The van der Waals surface area contributed by atoms with E-state index in [0.29, 0.717) is 6.54 Å². The normalized spacial score (nSPS) is 10.4. The average molecular weight is 285 g/mol. The van der Waals surface area contributed by atoms with Gasteiger partial charge in [-0.1, -0.05) is 23.2 Å². The Bertz CT molecular complexity index is 582. The quantitative estimate of drug-likeness (QED) is 0.878. The van der Waals surface area contributed by atoms with Gasteiger partial charge >= 0.3 is 0 Å². The summed E-state index contributed by atoms with van der Waals surface area (Å²) >= 11 is 11.5. The third-order valence-electron chi connectivity index (χ3n) is 2.39. The zero-order chi connectivity index (χ0) is 13.1. The lowest BCUT2D eigenvalue weighted by Crippen LogP contribution is -2.24. The molecule has 0 unspecified atom stereocenters. The maximum absolute atomic E-state index is 11.9. The van der Waals surface area contributed by atoms with E-state index in [9.17, 15) is 4.79 Å². The van der Waals surface area contributed by atoms with Crippen LogP contribution in [0.2, 0.25) is 10.3 Å². The molecule has 0 saturated carbocycles. The number of amides is 1. The monoisotopic (exact) mass is 284 g/mol. The summed E-state index contributed by atoms with van der Waals surface area (Å²) in [5.41, 5.74) is 0.287. The minimum atomic E-state index is -0.313. The minimum Gasteiger partial charge on any atom is -0.345 e. The first-order chi connectivity index (χ1) is 8.58. The first kappa shape index (κ1) is 12.9. The van der Waals surface area contributed by atoms with Crippen LogP contribution in [0.3, 0.4) is 0 Å². The third kappa shape index (κ3) is 2.80. The highest BCUT2D eigenvalue weighted by molar-refractivity contribution is 6.34. The molecule has 18 heavy (non-hydrogen) atoms. The van der Waals surface area contributed by atoms with Gasteiger partial charge in [0.05, 0.1) is 12.1 Å². The molecule has 94 valence electrons. The summed E-state index contributed by atoms with van der Waals surface area (Å²) in [7, 11) is 1.85. The molecule has 5 nitrogen and oxygen atoms in total. The van der Waals surface area contributed by atoms with Crippen LogP contribution in [0, 0.1) is 0 Å². The molecule has 0 aliphatic rings. The molecule has 0 aliphatic carbocycles. The van der Waals surface area contributed by atoms with Gasteiger partial charge in [0.1, 0.15) is 16.1 Å². The van der Waals surface area contributed by atoms with Gasteiger partial charge in [-0.3, -0.25) is 4.79 Å². The molecule has 0 radical (unpaired) electrons. The van der Waals surface area contributed by atoms with Crippen LogP contribution in [0.5, 0.6) is 0 Å². The summed E-state index contributed by atoms with van der Waals surface area (Å²) < 4.78 is 1.82. The Hall–Kier alpha value is -1.59. The van der Waals surface area contributed by atoms with Crippen LogP contribution in [0.1, 0.15) is 16.2 Å². The zero-order valence-electron chi connectivity index (χ0n) is 9.52. The van der Waals surface area contributed by atoms with Gasteiger partial charge in [-0.05, 0) is 12.1 Å². The van der Waals surface area contributed by atoms with Gasteiger partial charge in [0.2, 0.25) is 0 Å². The second-order valence-electron chi connectivity index (χ2n) is 3.61. The van der Waals surface area contributed by atoms with Crippen molar-refractivity contribution < 1.29 is 4.79 Å². The highest BCUT2D eigenvalue weighted by Crippen LogP contribution is 2.16. The topological polar surface area (TPSA) is 59.8 Å². The Morgan fingerprint density at radius 3 is 2.83 bits per heavy atom. The molecule has 2 heterocycles. The predicted molar refractivity (Wildman–Crippen MR) is 68.6 cm³/mol. The van der Waals surface area contributed by atoms with Crippen molar-refractivity contribution in [3.05, 3.63) is 46.2 Å². The SMILES string of the molecule is Cn1ccnc1CNC(=O)c1ccc(Cl)nc1Cl. The maximum atomic E-state index is 11.9. The maximum Gasteiger partial charge on any atom is 0.254 e. The van der Waals surface area contributed by atoms with Crippen LogP contribution in [0.4, 0.5) is 0 Å². The lowest BCUT2D eigenvalue weighted by molar-refractivity contribution is 0.0949. The lowest BCUT2D eigenvalue weighted by atomic mass is 10.2. The second kappa shape index (κ2) is 5.37. The molecule has 1 amide bonds. The fourth-order valence-corrected chi connectivity index (χ4v) is 1.83. The highest BCUT2D eigenvalue weighted by Gasteiger charge is 2.12. The van der Waals surface area contributed by atoms with Crippen LogP contribution in [-0.2, 0) is 13.6 Å². The molecule has 2 rings (SSSR count). The van der Waals surface area contributed by atoms with Crippen LogP contribution in [-0.4, -0.2) is 20.4 Å². The van der Waals surface area contributed by atoms with E-state index < -0.39 is 0 Å². The molecule has 0 aliphatic heterocycles. The summed E-state index contributed by atoms with van der Waals surface area (Å²) in [4.78, 5) is 19.8. The number of imidazole rings is 1. The fourth-order valence-electron chi connectivity index (χ4n) is 1.40. The number of nitrogens with zero attached hydrogens (tertiary/aromatic N) is 3. The van der Waals surface area contributed by atoms with E-state index in [2.05, 4.69) is 15.3 Å². The Labute approximate surface area is 114 Å². The molecule has 0 spiro atoms. The molecule has 1 N–H and O–H groups in total. The largest absolute Gasteiger partial charge is 0.345 e. The van der Waals surface area contributed by atoms with Crippen LogP contribution >= 0.6 is 23.2 Å². The Morgan fingerprint density at radius 1 is 1.44 bits per heavy atom. The zero-order valence-corrected chi connectivity index (χ0v) is 11.0. The van der Waals surface area contributed by atoms with Crippen LogP contribution in [0.25, 0.3) is 0 Å². The van der Waals surface area contributed by atoms with E-state index in [1.54, 1.807) is 12.4 Å². The van der Waals surface area contributed by atoms with Crippen molar-refractivity contribution in [1.29, 1.82) is 0 Å². The molecule has 0 saturated heterocycles. The molecular formula is C11H10Cl2N4O. The molecule has 0 bridgehead atoms. The first-order valence-electron chi connectivity index (χ1n) is 5.14. The number of nitrogens with one attached hydrogen (secondary N) is 1. The van der Waals surface area contributed by atoms with E-state index >= 15 is 0 Å². The number of pyridine rings is 1. The summed E-state index contributed by atoms with van der Waals surface area (Å²) in [6.07, 6.45) is 3.47. The van der Waals surface area contributed by atoms with Crippen LogP contribution in [0.15, 0.2) is 24.5 Å². The van der Waals surface area contributed by atoms with E-state index in [4.69, 9.17) is 23.2 Å². The summed E-state index contributed by atoms with van der Waals surface area (Å²) in [5.74, 6) is 0.438. The number of rotatable bonds is 3. The van der Waals surface area contributed by atoms with Crippen LogP contribution < -0.4 is 5.32 Å². The summed E-state index contributed by atoms with van der Waals surface area (Å²) in [6.45, 7) is 0.321. The molecule has 7 heteroatoms. The molecule has 0 fully saturated rings. The van der Waals surface area contributed by atoms with Crippen molar-refractivity contribution in [2.45, 2.75) is 6.54 Å². The number of carbonyl (C=O) groups is 1. The number of hydrogen-bond acceptors (Lipinski definition) is 3.